The Bertz CT molecular complexity index is 1120. The number of rotatable bonds is 4. The monoisotopic (exact) mass is 398 g/mol. The molecule has 1 amide bonds. The Labute approximate surface area is 174 Å². The molecule has 1 aliphatic heterocycles. The van der Waals surface area contributed by atoms with Crippen LogP contribution in [0.5, 0.6) is 0 Å². The van der Waals surface area contributed by atoms with E-state index in [0.717, 1.165) is 29.3 Å². The van der Waals surface area contributed by atoms with Gasteiger partial charge in [-0.25, -0.2) is 9.67 Å². The Morgan fingerprint density at radius 3 is 2.53 bits per heavy atom. The molecule has 1 aliphatic rings. The molecule has 150 valence electrons. The van der Waals surface area contributed by atoms with Gasteiger partial charge in [0, 0.05) is 31.5 Å². The SMILES string of the molecule is O=C(c1cc(-c2ccccc2)n[nH]1)N1CCc2nc(Cc3ccccc3)nn2CC1. The highest BCUT2D eigenvalue weighted by Gasteiger charge is 2.23. The summed E-state index contributed by atoms with van der Waals surface area (Å²) in [6.07, 6.45) is 1.41. The van der Waals surface area contributed by atoms with Crippen LogP contribution in [0.2, 0.25) is 0 Å². The maximum Gasteiger partial charge on any atom is 0.271 e. The third kappa shape index (κ3) is 3.74. The quantitative estimate of drug-likeness (QED) is 0.573. The van der Waals surface area contributed by atoms with Crippen LogP contribution in [-0.4, -0.2) is 48.9 Å². The lowest BCUT2D eigenvalue weighted by molar-refractivity contribution is 0.0752. The average molecular weight is 398 g/mol. The van der Waals surface area contributed by atoms with Crippen LogP contribution >= 0.6 is 0 Å². The van der Waals surface area contributed by atoms with Gasteiger partial charge in [-0.05, 0) is 11.6 Å². The van der Waals surface area contributed by atoms with Crippen molar-refractivity contribution >= 4 is 5.91 Å². The van der Waals surface area contributed by atoms with Gasteiger partial charge in [0.2, 0.25) is 0 Å². The molecular weight excluding hydrogens is 376 g/mol. The van der Waals surface area contributed by atoms with Crippen LogP contribution in [-0.2, 0) is 19.4 Å². The molecule has 0 saturated heterocycles. The van der Waals surface area contributed by atoms with Crippen molar-refractivity contribution in [1.29, 1.82) is 0 Å². The predicted octanol–water partition coefficient (Wildman–Crippen LogP) is 2.96. The fraction of sp³-hybridized carbons (Fsp3) is 0.217. The highest BCUT2D eigenvalue weighted by atomic mass is 16.2. The Morgan fingerprint density at radius 2 is 1.73 bits per heavy atom. The maximum atomic E-state index is 13.0. The number of nitrogens with one attached hydrogen (secondary N) is 1. The normalized spacial score (nSPS) is 13.7. The number of fused-ring (bicyclic) bond motifs is 1. The van der Waals surface area contributed by atoms with Gasteiger partial charge in [0.1, 0.15) is 11.5 Å². The minimum Gasteiger partial charge on any atom is -0.335 e. The summed E-state index contributed by atoms with van der Waals surface area (Å²) in [5.74, 6) is 1.72. The zero-order chi connectivity index (χ0) is 20.3. The van der Waals surface area contributed by atoms with Gasteiger partial charge in [0.25, 0.3) is 5.91 Å². The number of H-pyrrole nitrogens is 1. The molecule has 1 N–H and O–H groups in total. The van der Waals surface area contributed by atoms with E-state index in [2.05, 4.69) is 27.4 Å². The Kier molecular flexibility index (Phi) is 4.85. The van der Waals surface area contributed by atoms with Crippen LogP contribution in [0.25, 0.3) is 11.3 Å². The van der Waals surface area contributed by atoms with Crippen LogP contribution in [0.15, 0.2) is 66.7 Å². The molecule has 7 nitrogen and oxygen atoms in total. The number of hydrogen-bond acceptors (Lipinski definition) is 4. The smallest absolute Gasteiger partial charge is 0.271 e. The lowest BCUT2D eigenvalue weighted by Crippen LogP contribution is -2.34. The van der Waals surface area contributed by atoms with Gasteiger partial charge in [0.05, 0.1) is 12.2 Å². The Morgan fingerprint density at radius 1 is 0.967 bits per heavy atom. The molecule has 0 fully saturated rings. The van der Waals surface area contributed by atoms with Gasteiger partial charge in [-0.2, -0.15) is 10.2 Å². The lowest BCUT2D eigenvalue weighted by atomic mass is 10.1. The zero-order valence-corrected chi connectivity index (χ0v) is 16.5. The average Bonchev–Trinajstić information content (AvgIpc) is 3.38. The van der Waals surface area contributed by atoms with Gasteiger partial charge in [-0.15, -0.1) is 0 Å². The summed E-state index contributed by atoms with van der Waals surface area (Å²) in [4.78, 5) is 19.5. The number of benzene rings is 2. The van der Waals surface area contributed by atoms with Gasteiger partial charge >= 0.3 is 0 Å². The van der Waals surface area contributed by atoms with Crippen LogP contribution in [0.1, 0.15) is 27.7 Å². The first-order valence-corrected chi connectivity index (χ1v) is 10.1. The van der Waals surface area contributed by atoms with E-state index in [1.165, 1.54) is 5.56 Å². The summed E-state index contributed by atoms with van der Waals surface area (Å²) in [5, 5.41) is 11.9. The number of carbonyl (C=O) groups excluding carboxylic acids is 1. The molecule has 0 unspecified atom stereocenters. The second-order valence-electron chi connectivity index (χ2n) is 7.40. The van der Waals surface area contributed by atoms with Gasteiger partial charge in [-0.3, -0.25) is 9.89 Å². The standard InChI is InChI=1S/C23H22N6O/c30-23(20-16-19(25-26-20)18-9-5-2-6-10-18)28-12-11-22-24-21(27-29(22)14-13-28)15-17-7-3-1-4-8-17/h1-10,16H,11-15H2,(H,25,26). The van der Waals surface area contributed by atoms with Crippen molar-refractivity contribution in [1.82, 2.24) is 29.9 Å². The molecule has 4 aromatic rings. The zero-order valence-electron chi connectivity index (χ0n) is 16.5. The van der Waals surface area contributed by atoms with E-state index < -0.39 is 0 Å². The lowest BCUT2D eigenvalue weighted by Gasteiger charge is -2.18. The van der Waals surface area contributed by atoms with Crippen molar-refractivity contribution in [2.45, 2.75) is 19.4 Å². The molecule has 30 heavy (non-hydrogen) atoms. The molecule has 0 aliphatic carbocycles. The van der Waals surface area contributed by atoms with Gasteiger partial charge in [0.15, 0.2) is 5.82 Å². The molecule has 0 radical (unpaired) electrons. The second-order valence-corrected chi connectivity index (χ2v) is 7.40. The molecule has 3 heterocycles. The molecule has 0 bridgehead atoms. The van der Waals surface area contributed by atoms with Crippen molar-refractivity contribution in [3.05, 3.63) is 89.6 Å². The van der Waals surface area contributed by atoms with E-state index in [0.29, 0.717) is 31.7 Å². The molecule has 5 rings (SSSR count). The third-order valence-corrected chi connectivity index (χ3v) is 5.35. The van der Waals surface area contributed by atoms with E-state index in [1.54, 1.807) is 0 Å². The number of hydrogen-bond donors (Lipinski definition) is 1. The van der Waals surface area contributed by atoms with Crippen LogP contribution in [0.3, 0.4) is 0 Å². The molecule has 0 saturated carbocycles. The number of amides is 1. The molecule has 2 aromatic carbocycles. The number of aromatic amines is 1. The first-order chi connectivity index (χ1) is 14.8. The van der Waals surface area contributed by atoms with Gasteiger partial charge in [-0.1, -0.05) is 60.7 Å². The minimum atomic E-state index is -0.0417. The van der Waals surface area contributed by atoms with Crippen molar-refractivity contribution in [2.75, 3.05) is 13.1 Å². The summed E-state index contributed by atoms with van der Waals surface area (Å²) >= 11 is 0. The Hall–Kier alpha value is -3.74. The van der Waals surface area contributed by atoms with E-state index in [4.69, 9.17) is 4.98 Å². The second kappa shape index (κ2) is 7.94. The highest BCUT2D eigenvalue weighted by Crippen LogP contribution is 2.18. The maximum absolute atomic E-state index is 13.0. The van der Waals surface area contributed by atoms with E-state index in [1.807, 2.05) is 64.2 Å². The number of aromatic nitrogens is 5. The fourth-order valence-corrected chi connectivity index (χ4v) is 3.77. The van der Waals surface area contributed by atoms with Crippen molar-refractivity contribution < 1.29 is 4.79 Å². The molecule has 0 atom stereocenters. The van der Waals surface area contributed by atoms with Crippen molar-refractivity contribution in [3.8, 4) is 11.3 Å². The summed E-state index contributed by atoms with van der Waals surface area (Å²) < 4.78 is 1.94. The Balaban J connectivity index is 1.26. The summed E-state index contributed by atoms with van der Waals surface area (Å²) in [6, 6.07) is 21.9. The van der Waals surface area contributed by atoms with Crippen molar-refractivity contribution in [3.63, 3.8) is 0 Å². The van der Waals surface area contributed by atoms with E-state index in [9.17, 15) is 4.79 Å². The molecule has 7 heteroatoms. The largest absolute Gasteiger partial charge is 0.335 e. The molecule has 2 aromatic heterocycles. The van der Waals surface area contributed by atoms with E-state index in [-0.39, 0.29) is 5.91 Å². The first kappa shape index (κ1) is 18.3. The number of nitrogens with zero attached hydrogens (tertiary/aromatic N) is 5. The minimum absolute atomic E-state index is 0.0417. The summed E-state index contributed by atoms with van der Waals surface area (Å²) in [6.45, 7) is 1.85. The number of carbonyl (C=O) groups is 1. The molecule has 0 spiro atoms. The highest BCUT2D eigenvalue weighted by molar-refractivity contribution is 5.93. The van der Waals surface area contributed by atoms with Crippen LogP contribution < -0.4 is 0 Å². The first-order valence-electron chi connectivity index (χ1n) is 10.1. The summed E-state index contributed by atoms with van der Waals surface area (Å²) in [7, 11) is 0. The van der Waals surface area contributed by atoms with Crippen molar-refractivity contribution in [2.24, 2.45) is 0 Å². The summed E-state index contributed by atoms with van der Waals surface area (Å²) in [5.41, 5.74) is 3.46. The third-order valence-electron chi connectivity index (χ3n) is 5.35. The predicted molar refractivity (Wildman–Crippen MR) is 113 cm³/mol. The topological polar surface area (TPSA) is 79.7 Å². The fourth-order valence-electron chi connectivity index (χ4n) is 3.77. The van der Waals surface area contributed by atoms with Crippen LogP contribution in [0.4, 0.5) is 0 Å². The van der Waals surface area contributed by atoms with Crippen LogP contribution in [0, 0.1) is 0 Å². The molecular formula is C23H22N6O. The van der Waals surface area contributed by atoms with E-state index >= 15 is 0 Å². The van der Waals surface area contributed by atoms with Gasteiger partial charge < -0.3 is 4.90 Å².